The number of ether oxygens (including phenoxy) is 1. The molecular formula is C31H33ClFN5O. The molecule has 8 heteroatoms. The van der Waals surface area contributed by atoms with Crippen LogP contribution in [-0.2, 0) is 0 Å². The van der Waals surface area contributed by atoms with Gasteiger partial charge in [0.05, 0.1) is 11.6 Å². The highest BCUT2D eigenvalue weighted by Gasteiger charge is 2.34. The van der Waals surface area contributed by atoms with E-state index in [1.807, 2.05) is 43.3 Å². The zero-order valence-electron chi connectivity index (χ0n) is 22.4. The summed E-state index contributed by atoms with van der Waals surface area (Å²) >= 11 is 6.91. The van der Waals surface area contributed by atoms with Gasteiger partial charge in [-0.25, -0.2) is 4.39 Å². The van der Waals surface area contributed by atoms with Crippen molar-refractivity contribution in [3.05, 3.63) is 58.9 Å². The average Bonchev–Trinajstić information content (AvgIpc) is 3.27. The Morgan fingerprint density at radius 3 is 2.59 bits per heavy atom. The largest absolute Gasteiger partial charge is 0.463 e. The van der Waals surface area contributed by atoms with Crippen LogP contribution in [0.25, 0.3) is 32.8 Å². The first-order valence-corrected chi connectivity index (χ1v) is 14.4. The Kier molecular flexibility index (Phi) is 6.33. The number of halogens is 2. The smallest absolute Gasteiger partial charge is 0.319 e. The Balaban J connectivity index is 1.36. The molecule has 3 unspecified atom stereocenters. The monoisotopic (exact) mass is 545 g/mol. The van der Waals surface area contributed by atoms with Gasteiger partial charge in [0.15, 0.2) is 5.82 Å². The van der Waals surface area contributed by atoms with Crippen LogP contribution in [0.4, 0.5) is 10.2 Å². The summed E-state index contributed by atoms with van der Waals surface area (Å²) in [4.78, 5) is 14.1. The number of likely N-dealkylation sites (tertiary alicyclic amines) is 1. The number of hydrogen-bond donors (Lipinski definition) is 1. The Bertz CT molecular complexity index is 1570. The number of fused-ring (bicyclic) bond motifs is 4. The van der Waals surface area contributed by atoms with E-state index >= 15 is 4.39 Å². The summed E-state index contributed by atoms with van der Waals surface area (Å²) in [5.74, 6) is 0.272. The summed E-state index contributed by atoms with van der Waals surface area (Å²) < 4.78 is 22.8. The number of aryl methyl sites for hydroxylation is 1. The van der Waals surface area contributed by atoms with E-state index in [-0.39, 0.29) is 11.5 Å². The van der Waals surface area contributed by atoms with Gasteiger partial charge in [0.25, 0.3) is 0 Å². The molecule has 0 saturated carbocycles. The second-order valence-electron chi connectivity index (χ2n) is 11.4. The first-order valence-electron chi connectivity index (χ1n) is 14.0. The zero-order valence-corrected chi connectivity index (χ0v) is 23.1. The summed E-state index contributed by atoms with van der Waals surface area (Å²) in [5.41, 5.74) is 2.44. The summed E-state index contributed by atoms with van der Waals surface area (Å²) in [6, 6.07) is 15.5. The average molecular weight is 546 g/mol. The molecule has 0 aliphatic carbocycles. The van der Waals surface area contributed by atoms with Crippen LogP contribution in [0.15, 0.2) is 42.5 Å². The molecule has 202 valence electrons. The van der Waals surface area contributed by atoms with Gasteiger partial charge in [-0.3, -0.25) is 0 Å². The van der Waals surface area contributed by atoms with E-state index in [1.165, 1.54) is 6.42 Å². The Morgan fingerprint density at radius 1 is 1.05 bits per heavy atom. The Hall–Kier alpha value is -3.00. The van der Waals surface area contributed by atoms with Gasteiger partial charge in [0, 0.05) is 42.2 Å². The van der Waals surface area contributed by atoms with Crippen LogP contribution >= 0.6 is 11.6 Å². The number of nitrogens with one attached hydrogen (secondary N) is 1. The predicted molar refractivity (Wildman–Crippen MR) is 155 cm³/mol. The first kappa shape index (κ1) is 25.0. The molecule has 2 bridgehead atoms. The molecule has 4 aromatic rings. The van der Waals surface area contributed by atoms with Gasteiger partial charge >= 0.3 is 6.01 Å². The third-order valence-corrected chi connectivity index (χ3v) is 9.05. The maximum atomic E-state index is 16.7. The minimum absolute atomic E-state index is 0.228. The van der Waals surface area contributed by atoms with Crippen LogP contribution in [0.1, 0.15) is 31.2 Å². The molecule has 0 radical (unpaired) electrons. The lowest BCUT2D eigenvalue weighted by molar-refractivity contribution is 0.100. The normalized spacial score (nSPS) is 23.0. The minimum Gasteiger partial charge on any atom is -0.463 e. The number of benzene rings is 3. The summed E-state index contributed by atoms with van der Waals surface area (Å²) in [5, 5.41) is 6.67. The van der Waals surface area contributed by atoms with Gasteiger partial charge in [0.1, 0.15) is 11.3 Å². The van der Waals surface area contributed by atoms with Gasteiger partial charge < -0.3 is 19.9 Å². The molecule has 7 rings (SSSR count). The Morgan fingerprint density at radius 2 is 1.85 bits per heavy atom. The van der Waals surface area contributed by atoms with Crippen LogP contribution in [-0.4, -0.2) is 66.3 Å². The highest BCUT2D eigenvalue weighted by Crippen LogP contribution is 2.42. The van der Waals surface area contributed by atoms with Crippen molar-refractivity contribution in [2.75, 3.05) is 38.2 Å². The number of nitrogens with zero attached hydrogens (tertiary/aromatic N) is 4. The van der Waals surface area contributed by atoms with E-state index in [1.54, 1.807) is 0 Å². The number of anilines is 1. The molecule has 6 nitrogen and oxygen atoms in total. The number of rotatable bonds is 6. The van der Waals surface area contributed by atoms with Crippen molar-refractivity contribution in [3.63, 3.8) is 0 Å². The molecule has 3 aliphatic heterocycles. The minimum atomic E-state index is -0.432. The van der Waals surface area contributed by atoms with Crippen LogP contribution in [0.5, 0.6) is 6.01 Å². The summed E-state index contributed by atoms with van der Waals surface area (Å²) in [6.07, 6.45) is 4.35. The standard InChI is InChI=1S/C31H33ClFN5O/c1-18-13-19-5-3-4-6-23(19)24(14-18)27-26(32)15-25-29(28(27)33)35-31(39-12-10-22-9-11-37(22)2)36-30(25)38-16-20-7-8-21(17-38)34-20/h3-6,13-15,20-22,34H,7-12,16-17H2,1-2H3. The van der Waals surface area contributed by atoms with Gasteiger partial charge in [-0.2, -0.15) is 9.97 Å². The quantitative estimate of drug-likeness (QED) is 0.322. The van der Waals surface area contributed by atoms with Gasteiger partial charge in [-0.15, -0.1) is 0 Å². The third kappa shape index (κ3) is 4.50. The number of hydrogen-bond acceptors (Lipinski definition) is 6. The van der Waals surface area contributed by atoms with Crippen molar-refractivity contribution in [1.82, 2.24) is 20.2 Å². The van der Waals surface area contributed by atoms with Crippen LogP contribution < -0.4 is 15.0 Å². The van der Waals surface area contributed by atoms with Crippen molar-refractivity contribution in [2.24, 2.45) is 0 Å². The van der Waals surface area contributed by atoms with E-state index in [2.05, 4.69) is 33.2 Å². The van der Waals surface area contributed by atoms with E-state index in [9.17, 15) is 0 Å². The molecule has 0 amide bonds. The molecule has 39 heavy (non-hydrogen) atoms. The van der Waals surface area contributed by atoms with Gasteiger partial charge in [-0.05, 0) is 74.2 Å². The fourth-order valence-electron chi connectivity index (χ4n) is 6.57. The van der Waals surface area contributed by atoms with Crippen molar-refractivity contribution < 1.29 is 9.13 Å². The Labute approximate surface area is 233 Å². The molecule has 3 aromatic carbocycles. The fraction of sp³-hybridized carbons (Fsp3) is 0.419. The number of aromatic nitrogens is 2. The molecule has 3 aliphatic rings. The lowest BCUT2D eigenvalue weighted by atomic mass is 9.94. The topological polar surface area (TPSA) is 53.5 Å². The molecule has 0 spiro atoms. The van der Waals surface area contributed by atoms with Gasteiger partial charge in [-0.1, -0.05) is 48.0 Å². The van der Waals surface area contributed by atoms with Crippen molar-refractivity contribution >= 4 is 39.1 Å². The third-order valence-electron chi connectivity index (χ3n) is 8.75. The molecule has 3 atom stereocenters. The van der Waals surface area contributed by atoms with Gasteiger partial charge in [0.2, 0.25) is 0 Å². The first-order chi connectivity index (χ1) is 18.9. The zero-order chi connectivity index (χ0) is 26.7. The molecule has 1 N–H and O–H groups in total. The maximum Gasteiger partial charge on any atom is 0.319 e. The van der Waals surface area contributed by atoms with Crippen molar-refractivity contribution in [2.45, 2.75) is 50.7 Å². The van der Waals surface area contributed by atoms with Crippen LogP contribution in [0.3, 0.4) is 0 Å². The lowest BCUT2D eigenvalue weighted by Crippen LogP contribution is -2.51. The summed E-state index contributed by atoms with van der Waals surface area (Å²) in [7, 11) is 2.13. The van der Waals surface area contributed by atoms with E-state index in [0.717, 1.165) is 60.8 Å². The fourth-order valence-corrected chi connectivity index (χ4v) is 6.86. The lowest BCUT2D eigenvalue weighted by Gasteiger charge is -2.37. The van der Waals surface area contributed by atoms with E-state index < -0.39 is 5.82 Å². The highest BCUT2D eigenvalue weighted by molar-refractivity contribution is 6.35. The molecule has 1 aromatic heterocycles. The molecule has 3 fully saturated rings. The van der Waals surface area contributed by atoms with E-state index in [0.29, 0.717) is 46.5 Å². The number of piperazine rings is 1. The second kappa shape index (κ2) is 9.88. The molecule has 3 saturated heterocycles. The van der Waals surface area contributed by atoms with Crippen molar-refractivity contribution in [1.29, 1.82) is 0 Å². The van der Waals surface area contributed by atoms with Crippen LogP contribution in [0, 0.1) is 12.7 Å². The molecule has 4 heterocycles. The highest BCUT2D eigenvalue weighted by atomic mass is 35.5. The second-order valence-corrected chi connectivity index (χ2v) is 11.8. The predicted octanol–water partition coefficient (Wildman–Crippen LogP) is 5.96. The molecular weight excluding hydrogens is 513 g/mol. The van der Waals surface area contributed by atoms with E-state index in [4.69, 9.17) is 21.3 Å². The van der Waals surface area contributed by atoms with Crippen molar-refractivity contribution in [3.8, 4) is 17.1 Å². The SMILES string of the molecule is Cc1cc(-c2c(Cl)cc3c(N4CC5CCC(C4)N5)nc(OCCC4CCN4C)nc3c2F)c2ccccc2c1. The summed E-state index contributed by atoms with van der Waals surface area (Å²) in [6.45, 7) is 5.27. The van der Waals surface area contributed by atoms with Crippen LogP contribution in [0.2, 0.25) is 5.02 Å². The maximum absolute atomic E-state index is 16.7.